The van der Waals surface area contributed by atoms with Gasteiger partial charge >= 0.3 is 5.97 Å². The third-order valence-corrected chi connectivity index (χ3v) is 4.03. The molecule has 1 atom stereocenters. The summed E-state index contributed by atoms with van der Waals surface area (Å²) in [5, 5.41) is 11.8. The van der Waals surface area contributed by atoms with E-state index >= 15 is 0 Å². The molecule has 148 valence electrons. The number of ketones is 1. The van der Waals surface area contributed by atoms with E-state index in [9.17, 15) is 19.7 Å². The number of carbonyl (C=O) groups is 2. The minimum Gasteiger partial charge on any atom is -0.493 e. The summed E-state index contributed by atoms with van der Waals surface area (Å²) in [6.07, 6.45) is -1.16. The van der Waals surface area contributed by atoms with Crippen LogP contribution in [0.5, 0.6) is 11.5 Å². The maximum atomic E-state index is 12.5. The summed E-state index contributed by atoms with van der Waals surface area (Å²) in [4.78, 5) is 35.6. The van der Waals surface area contributed by atoms with E-state index < -0.39 is 28.5 Å². The van der Waals surface area contributed by atoms with Crippen molar-refractivity contribution in [2.75, 3.05) is 13.7 Å². The third kappa shape index (κ3) is 4.77. The molecule has 0 heterocycles. The van der Waals surface area contributed by atoms with Crippen molar-refractivity contribution in [3.63, 3.8) is 0 Å². The highest BCUT2D eigenvalue weighted by molar-refractivity contribution is 6.30. The first kappa shape index (κ1) is 21.2. The zero-order valence-corrected chi connectivity index (χ0v) is 16.2. The van der Waals surface area contributed by atoms with Gasteiger partial charge in [0.1, 0.15) is 5.56 Å². The Balaban J connectivity index is 2.31. The topological polar surface area (TPSA) is 105 Å². The molecule has 0 saturated heterocycles. The fraction of sp³-hybridized carbons (Fsp3) is 0.263. The highest BCUT2D eigenvalue weighted by Gasteiger charge is 2.28. The lowest BCUT2D eigenvalue weighted by Crippen LogP contribution is -2.25. The first-order chi connectivity index (χ1) is 13.3. The summed E-state index contributed by atoms with van der Waals surface area (Å²) in [6.45, 7) is 3.35. The van der Waals surface area contributed by atoms with Gasteiger partial charge in [-0.1, -0.05) is 11.6 Å². The number of ether oxygens (including phenoxy) is 3. The molecule has 0 bridgehead atoms. The molecule has 0 aliphatic rings. The molecule has 0 amide bonds. The van der Waals surface area contributed by atoms with Crippen molar-refractivity contribution in [3.8, 4) is 11.5 Å². The van der Waals surface area contributed by atoms with Crippen molar-refractivity contribution in [1.29, 1.82) is 0 Å². The molecule has 0 spiro atoms. The van der Waals surface area contributed by atoms with Crippen molar-refractivity contribution in [1.82, 2.24) is 0 Å². The van der Waals surface area contributed by atoms with Crippen LogP contribution in [0.2, 0.25) is 5.02 Å². The van der Waals surface area contributed by atoms with Gasteiger partial charge in [0.25, 0.3) is 5.69 Å². The van der Waals surface area contributed by atoms with E-state index in [-0.39, 0.29) is 23.7 Å². The first-order valence-electron chi connectivity index (χ1n) is 8.28. The maximum absolute atomic E-state index is 12.5. The summed E-state index contributed by atoms with van der Waals surface area (Å²) in [5.74, 6) is -1.23. The summed E-state index contributed by atoms with van der Waals surface area (Å²) in [5.41, 5.74) is -0.564. The van der Waals surface area contributed by atoms with Gasteiger partial charge in [-0.25, -0.2) is 4.79 Å². The normalized spacial score (nSPS) is 11.4. The number of hydrogen-bond donors (Lipinski definition) is 0. The number of benzene rings is 2. The average Bonchev–Trinajstić information content (AvgIpc) is 2.67. The van der Waals surface area contributed by atoms with E-state index in [2.05, 4.69) is 0 Å². The quantitative estimate of drug-likeness (QED) is 0.281. The van der Waals surface area contributed by atoms with Crippen molar-refractivity contribution < 1.29 is 28.7 Å². The monoisotopic (exact) mass is 407 g/mol. The van der Waals surface area contributed by atoms with Crippen LogP contribution in [0.3, 0.4) is 0 Å². The highest BCUT2D eigenvalue weighted by atomic mass is 35.5. The SMILES string of the molecule is CCOc1cc(C(=O)O[C@H](C)C(=O)c2ccc(Cl)cc2)c([N+](=O)[O-])cc1OC. The predicted molar refractivity (Wildman–Crippen MR) is 101 cm³/mol. The van der Waals surface area contributed by atoms with Gasteiger partial charge in [0, 0.05) is 16.7 Å². The molecule has 0 aromatic heterocycles. The van der Waals surface area contributed by atoms with Crippen LogP contribution in [0.4, 0.5) is 5.69 Å². The van der Waals surface area contributed by atoms with Crippen LogP contribution in [-0.2, 0) is 4.74 Å². The molecule has 2 rings (SSSR count). The van der Waals surface area contributed by atoms with Crippen LogP contribution in [0, 0.1) is 10.1 Å². The number of methoxy groups -OCH3 is 1. The lowest BCUT2D eigenvalue weighted by molar-refractivity contribution is -0.385. The van der Waals surface area contributed by atoms with Crippen LogP contribution in [0.15, 0.2) is 36.4 Å². The van der Waals surface area contributed by atoms with Gasteiger partial charge < -0.3 is 14.2 Å². The van der Waals surface area contributed by atoms with Gasteiger partial charge in [-0.15, -0.1) is 0 Å². The number of halogens is 1. The molecule has 0 aliphatic carbocycles. The fourth-order valence-corrected chi connectivity index (χ4v) is 2.54. The second-order valence-electron chi connectivity index (χ2n) is 5.63. The summed E-state index contributed by atoms with van der Waals surface area (Å²) in [6, 6.07) is 8.31. The molecule has 28 heavy (non-hydrogen) atoms. The molecule has 2 aromatic rings. The Morgan fingerprint density at radius 2 is 1.82 bits per heavy atom. The number of rotatable bonds is 8. The molecule has 0 N–H and O–H groups in total. The third-order valence-electron chi connectivity index (χ3n) is 3.78. The number of hydrogen-bond acceptors (Lipinski definition) is 7. The molecule has 0 radical (unpaired) electrons. The smallest absolute Gasteiger partial charge is 0.346 e. The molecule has 9 heteroatoms. The Labute approximate surface area is 166 Å². The summed E-state index contributed by atoms with van der Waals surface area (Å²) in [7, 11) is 1.33. The van der Waals surface area contributed by atoms with Crippen molar-refractivity contribution >= 4 is 29.0 Å². The zero-order valence-electron chi connectivity index (χ0n) is 15.4. The number of nitrogens with zero attached hydrogens (tertiary/aromatic N) is 1. The van der Waals surface area contributed by atoms with Gasteiger partial charge in [0.2, 0.25) is 5.78 Å². The van der Waals surface area contributed by atoms with Crippen molar-refractivity contribution in [3.05, 3.63) is 62.7 Å². The van der Waals surface area contributed by atoms with Gasteiger partial charge in [-0.3, -0.25) is 14.9 Å². The van der Waals surface area contributed by atoms with E-state index in [1.165, 1.54) is 44.4 Å². The maximum Gasteiger partial charge on any atom is 0.346 e. The van der Waals surface area contributed by atoms with Gasteiger partial charge in [0.15, 0.2) is 17.6 Å². The van der Waals surface area contributed by atoms with Crippen LogP contribution >= 0.6 is 11.6 Å². The first-order valence-corrected chi connectivity index (χ1v) is 8.66. The Morgan fingerprint density at radius 3 is 2.36 bits per heavy atom. The highest BCUT2D eigenvalue weighted by Crippen LogP contribution is 2.35. The zero-order chi connectivity index (χ0) is 20.8. The average molecular weight is 408 g/mol. The van der Waals surface area contributed by atoms with Crippen molar-refractivity contribution in [2.24, 2.45) is 0 Å². The molecular formula is C19H18ClNO7. The Morgan fingerprint density at radius 1 is 1.18 bits per heavy atom. The predicted octanol–water partition coefficient (Wildman–Crippen LogP) is 4.08. The van der Waals surface area contributed by atoms with E-state index in [0.29, 0.717) is 10.6 Å². The summed E-state index contributed by atoms with van der Waals surface area (Å²) >= 11 is 5.79. The van der Waals surface area contributed by atoms with Gasteiger partial charge in [-0.2, -0.15) is 0 Å². The largest absolute Gasteiger partial charge is 0.493 e. The van der Waals surface area contributed by atoms with E-state index in [1.807, 2.05) is 0 Å². The molecule has 8 nitrogen and oxygen atoms in total. The fourth-order valence-electron chi connectivity index (χ4n) is 2.42. The molecular weight excluding hydrogens is 390 g/mol. The van der Waals surface area contributed by atoms with Crippen LogP contribution in [0.25, 0.3) is 0 Å². The second-order valence-corrected chi connectivity index (χ2v) is 6.07. The molecule has 0 unspecified atom stereocenters. The molecule has 0 saturated carbocycles. The molecule has 0 aliphatic heterocycles. The standard InChI is InChI=1S/C19H18ClNO7/c1-4-27-17-9-14(15(21(24)25)10-16(17)26-3)19(23)28-11(2)18(22)12-5-7-13(20)8-6-12/h5-11H,4H2,1-3H3/t11-/m1/s1. The number of nitro benzene ring substituents is 1. The minimum atomic E-state index is -1.16. The second kappa shape index (κ2) is 9.18. The number of nitro groups is 1. The Bertz CT molecular complexity index is 896. The molecule has 2 aromatic carbocycles. The van der Waals surface area contributed by atoms with E-state index in [1.54, 1.807) is 6.92 Å². The van der Waals surface area contributed by atoms with E-state index in [4.69, 9.17) is 25.8 Å². The van der Waals surface area contributed by atoms with E-state index in [0.717, 1.165) is 6.07 Å². The lowest BCUT2D eigenvalue weighted by atomic mass is 10.1. The Kier molecular flexibility index (Phi) is 6.94. The number of esters is 1. The number of carbonyl (C=O) groups excluding carboxylic acids is 2. The molecule has 0 fully saturated rings. The van der Waals surface area contributed by atoms with Crippen LogP contribution < -0.4 is 9.47 Å². The van der Waals surface area contributed by atoms with Gasteiger partial charge in [0.05, 0.1) is 24.7 Å². The minimum absolute atomic E-state index is 0.107. The lowest BCUT2D eigenvalue weighted by Gasteiger charge is -2.14. The number of Topliss-reactive ketones (excluding diaryl/α,β-unsaturated/α-hetero) is 1. The van der Waals surface area contributed by atoms with Crippen molar-refractivity contribution in [2.45, 2.75) is 20.0 Å². The van der Waals surface area contributed by atoms with Gasteiger partial charge in [-0.05, 0) is 38.1 Å². The van der Waals surface area contributed by atoms with Crippen LogP contribution in [0.1, 0.15) is 34.6 Å². The van der Waals surface area contributed by atoms with Crippen LogP contribution in [-0.4, -0.2) is 36.5 Å². The Hall–Kier alpha value is -3.13. The summed E-state index contributed by atoms with van der Waals surface area (Å²) < 4.78 is 15.6.